The number of furan rings is 1. The van der Waals surface area contributed by atoms with Crippen molar-refractivity contribution in [2.75, 3.05) is 26.7 Å². The Morgan fingerprint density at radius 2 is 2.33 bits per heavy atom. The molecule has 4 nitrogen and oxygen atoms in total. The average molecular weight is 275 g/mol. The fourth-order valence-corrected chi connectivity index (χ4v) is 1.35. The fraction of sp³-hybridized carbons (Fsp3) is 0.500. The number of carbonyl (C=O) groups is 1. The van der Waals surface area contributed by atoms with Crippen LogP contribution in [0.1, 0.15) is 17.5 Å². The zero-order valence-electron chi connectivity index (χ0n) is 8.92. The number of likely N-dealkylation sites (N-methyl/N-ethyl adjacent to an activating group) is 1. The second-order valence-electron chi connectivity index (χ2n) is 3.26. The minimum atomic E-state index is -0.176. The number of rotatable bonds is 5. The summed E-state index contributed by atoms with van der Waals surface area (Å²) in [5, 5.41) is 2.78. The molecule has 84 valence electrons. The number of amides is 1. The highest BCUT2D eigenvalue weighted by Gasteiger charge is 2.09. The van der Waals surface area contributed by atoms with Crippen LogP contribution in [-0.4, -0.2) is 37.5 Å². The summed E-state index contributed by atoms with van der Waals surface area (Å²) in [4.78, 5) is 13.6. The third kappa shape index (κ3) is 4.05. The molecule has 1 rings (SSSR count). The SMILES string of the molecule is CCN(C)CCNC(=O)c1ccc(Br)o1. The molecule has 1 aromatic heterocycles. The molecular weight excluding hydrogens is 260 g/mol. The molecule has 0 saturated carbocycles. The first-order valence-electron chi connectivity index (χ1n) is 4.85. The summed E-state index contributed by atoms with van der Waals surface area (Å²) in [6, 6.07) is 3.34. The van der Waals surface area contributed by atoms with Gasteiger partial charge in [0.15, 0.2) is 10.4 Å². The van der Waals surface area contributed by atoms with Gasteiger partial charge in [-0.05, 0) is 41.7 Å². The summed E-state index contributed by atoms with van der Waals surface area (Å²) in [6.45, 7) is 4.51. The van der Waals surface area contributed by atoms with E-state index in [1.165, 1.54) is 0 Å². The fourth-order valence-electron chi connectivity index (χ4n) is 1.04. The van der Waals surface area contributed by atoms with Crippen molar-refractivity contribution in [1.82, 2.24) is 10.2 Å². The van der Waals surface area contributed by atoms with Crippen molar-refractivity contribution in [2.45, 2.75) is 6.92 Å². The Bertz CT molecular complexity index is 325. The summed E-state index contributed by atoms with van der Waals surface area (Å²) < 4.78 is 5.69. The molecule has 0 aromatic carbocycles. The highest BCUT2D eigenvalue weighted by molar-refractivity contribution is 9.10. The first-order chi connectivity index (χ1) is 7.13. The number of hydrogen-bond acceptors (Lipinski definition) is 3. The van der Waals surface area contributed by atoms with Crippen molar-refractivity contribution in [3.63, 3.8) is 0 Å². The maximum Gasteiger partial charge on any atom is 0.287 e. The van der Waals surface area contributed by atoms with E-state index in [9.17, 15) is 4.79 Å². The standard InChI is InChI=1S/C10H15BrN2O2/c1-3-13(2)7-6-12-10(14)8-4-5-9(11)15-8/h4-5H,3,6-7H2,1-2H3,(H,12,14). The van der Waals surface area contributed by atoms with E-state index in [1.807, 2.05) is 7.05 Å². The van der Waals surface area contributed by atoms with Gasteiger partial charge in [0, 0.05) is 13.1 Å². The van der Waals surface area contributed by atoms with Crippen molar-refractivity contribution in [3.05, 3.63) is 22.6 Å². The number of nitrogens with one attached hydrogen (secondary N) is 1. The topological polar surface area (TPSA) is 45.5 Å². The minimum Gasteiger partial charge on any atom is -0.444 e. The Balaban J connectivity index is 2.31. The summed E-state index contributed by atoms with van der Waals surface area (Å²) in [6.07, 6.45) is 0. The van der Waals surface area contributed by atoms with E-state index in [1.54, 1.807) is 12.1 Å². The van der Waals surface area contributed by atoms with Gasteiger partial charge in [0.2, 0.25) is 0 Å². The second-order valence-corrected chi connectivity index (χ2v) is 4.04. The van der Waals surface area contributed by atoms with Crippen LogP contribution in [0.3, 0.4) is 0 Å². The predicted molar refractivity (Wildman–Crippen MR) is 61.9 cm³/mol. The molecule has 0 aliphatic heterocycles. The zero-order chi connectivity index (χ0) is 11.3. The molecule has 0 unspecified atom stereocenters. The molecule has 0 spiro atoms. The number of halogens is 1. The van der Waals surface area contributed by atoms with E-state index in [4.69, 9.17) is 4.42 Å². The molecule has 1 heterocycles. The molecule has 5 heteroatoms. The Kier molecular flexibility index (Phi) is 4.84. The molecule has 1 aromatic rings. The van der Waals surface area contributed by atoms with Crippen LogP contribution in [0.4, 0.5) is 0 Å². The van der Waals surface area contributed by atoms with Crippen LogP contribution in [0, 0.1) is 0 Å². The van der Waals surface area contributed by atoms with Crippen molar-refractivity contribution >= 4 is 21.8 Å². The maximum atomic E-state index is 11.5. The van der Waals surface area contributed by atoms with Gasteiger partial charge < -0.3 is 14.6 Å². The van der Waals surface area contributed by atoms with E-state index in [0.717, 1.165) is 13.1 Å². The lowest BCUT2D eigenvalue weighted by Crippen LogP contribution is -2.32. The van der Waals surface area contributed by atoms with Crippen molar-refractivity contribution in [3.8, 4) is 0 Å². The Morgan fingerprint density at radius 1 is 1.60 bits per heavy atom. The van der Waals surface area contributed by atoms with Crippen LogP contribution < -0.4 is 5.32 Å². The van der Waals surface area contributed by atoms with Crippen LogP contribution in [0.25, 0.3) is 0 Å². The van der Waals surface area contributed by atoms with Crippen LogP contribution in [0.15, 0.2) is 21.2 Å². The molecule has 0 fully saturated rings. The number of nitrogens with zero attached hydrogens (tertiary/aromatic N) is 1. The monoisotopic (exact) mass is 274 g/mol. The molecule has 15 heavy (non-hydrogen) atoms. The van der Waals surface area contributed by atoms with E-state index < -0.39 is 0 Å². The summed E-state index contributed by atoms with van der Waals surface area (Å²) in [5.74, 6) is 0.159. The molecule has 0 bridgehead atoms. The van der Waals surface area contributed by atoms with Gasteiger partial charge in [0.05, 0.1) is 0 Å². The van der Waals surface area contributed by atoms with Crippen LogP contribution in [0.2, 0.25) is 0 Å². The summed E-state index contributed by atoms with van der Waals surface area (Å²) in [7, 11) is 2.01. The molecule has 0 atom stereocenters. The molecular formula is C10H15BrN2O2. The van der Waals surface area contributed by atoms with Crippen LogP contribution in [0.5, 0.6) is 0 Å². The average Bonchev–Trinajstić information content (AvgIpc) is 2.64. The molecule has 1 amide bonds. The Labute approximate surface area is 97.8 Å². The summed E-state index contributed by atoms with van der Waals surface area (Å²) in [5.41, 5.74) is 0. The molecule has 0 saturated heterocycles. The van der Waals surface area contributed by atoms with Gasteiger partial charge in [-0.15, -0.1) is 0 Å². The molecule has 0 aliphatic carbocycles. The lowest BCUT2D eigenvalue weighted by atomic mass is 10.4. The van der Waals surface area contributed by atoms with Gasteiger partial charge in [-0.25, -0.2) is 0 Å². The van der Waals surface area contributed by atoms with Crippen molar-refractivity contribution in [1.29, 1.82) is 0 Å². The number of hydrogen-bond donors (Lipinski definition) is 1. The van der Waals surface area contributed by atoms with Gasteiger partial charge in [0.1, 0.15) is 0 Å². The van der Waals surface area contributed by atoms with Crippen molar-refractivity contribution in [2.24, 2.45) is 0 Å². The Hall–Kier alpha value is -0.810. The minimum absolute atomic E-state index is 0.176. The highest BCUT2D eigenvalue weighted by atomic mass is 79.9. The second kappa shape index (κ2) is 5.92. The smallest absolute Gasteiger partial charge is 0.287 e. The largest absolute Gasteiger partial charge is 0.444 e. The third-order valence-corrected chi connectivity index (χ3v) is 2.54. The van der Waals surface area contributed by atoms with Crippen LogP contribution >= 0.6 is 15.9 Å². The van der Waals surface area contributed by atoms with Gasteiger partial charge in [-0.2, -0.15) is 0 Å². The first-order valence-corrected chi connectivity index (χ1v) is 5.65. The van der Waals surface area contributed by atoms with Gasteiger partial charge in [-0.3, -0.25) is 4.79 Å². The number of carbonyl (C=O) groups excluding carboxylic acids is 1. The van der Waals surface area contributed by atoms with Crippen molar-refractivity contribution < 1.29 is 9.21 Å². The van der Waals surface area contributed by atoms with Gasteiger partial charge in [0.25, 0.3) is 5.91 Å². The lowest BCUT2D eigenvalue weighted by Gasteiger charge is -2.13. The van der Waals surface area contributed by atoms with Gasteiger partial charge in [-0.1, -0.05) is 6.92 Å². The molecule has 0 aliphatic rings. The lowest BCUT2D eigenvalue weighted by molar-refractivity contribution is 0.0921. The third-order valence-electron chi connectivity index (χ3n) is 2.12. The van der Waals surface area contributed by atoms with Crippen LogP contribution in [-0.2, 0) is 0 Å². The predicted octanol–water partition coefficient (Wildman–Crippen LogP) is 1.72. The van der Waals surface area contributed by atoms with E-state index in [-0.39, 0.29) is 5.91 Å². The molecule has 1 N–H and O–H groups in total. The zero-order valence-corrected chi connectivity index (χ0v) is 10.5. The Morgan fingerprint density at radius 3 is 2.87 bits per heavy atom. The van der Waals surface area contributed by atoms with Gasteiger partial charge >= 0.3 is 0 Å². The summed E-state index contributed by atoms with van der Waals surface area (Å²) >= 11 is 3.15. The van der Waals surface area contributed by atoms with E-state index in [2.05, 4.69) is 33.1 Å². The quantitative estimate of drug-likeness (QED) is 0.890. The first kappa shape index (κ1) is 12.3. The maximum absolute atomic E-state index is 11.5. The molecule has 0 radical (unpaired) electrons. The normalized spacial score (nSPS) is 10.7. The van der Waals surface area contributed by atoms with E-state index in [0.29, 0.717) is 17.0 Å². The highest BCUT2D eigenvalue weighted by Crippen LogP contribution is 2.13. The van der Waals surface area contributed by atoms with E-state index >= 15 is 0 Å².